The summed E-state index contributed by atoms with van der Waals surface area (Å²) in [4.78, 5) is 17.6. The van der Waals surface area contributed by atoms with Gasteiger partial charge in [0.25, 0.3) is 0 Å². The lowest BCUT2D eigenvalue weighted by Crippen LogP contribution is -2.47. The van der Waals surface area contributed by atoms with Gasteiger partial charge in [-0.3, -0.25) is 4.52 Å². The highest BCUT2D eigenvalue weighted by Crippen LogP contribution is 2.37. The first-order valence-electron chi connectivity index (χ1n) is 11.5. The zero-order chi connectivity index (χ0) is 23.5. The van der Waals surface area contributed by atoms with Crippen LogP contribution in [0.25, 0.3) is 11.1 Å². The quantitative estimate of drug-likeness (QED) is 0.219. The molecule has 0 aliphatic rings. The van der Waals surface area contributed by atoms with Gasteiger partial charge in [0.05, 0.1) is 18.8 Å². The van der Waals surface area contributed by atoms with Crippen LogP contribution in [0.15, 0.2) is 48.5 Å². The molecule has 2 aromatic carbocycles. The molecule has 0 saturated carbocycles. The summed E-state index contributed by atoms with van der Waals surface area (Å²) in [6.45, 7) is 1.47. The molecule has 1 atom stereocenters. The van der Waals surface area contributed by atoms with Crippen molar-refractivity contribution in [2.45, 2.75) is 70.3 Å². The molecule has 32 heavy (non-hydrogen) atoms. The Hall–Kier alpha value is -1.53. The fourth-order valence-corrected chi connectivity index (χ4v) is 4.12. The SMILES string of the molecule is CCCCCCc1ccc(-c2ccc(CCCCC(N)(CO)COP(=O)(O)O)cc2)cc1. The number of benzene rings is 2. The van der Waals surface area contributed by atoms with Gasteiger partial charge >= 0.3 is 7.82 Å². The van der Waals surface area contributed by atoms with Crippen LogP contribution in [0.1, 0.15) is 63.0 Å². The smallest absolute Gasteiger partial charge is 0.394 e. The van der Waals surface area contributed by atoms with E-state index >= 15 is 0 Å². The van der Waals surface area contributed by atoms with Crippen LogP contribution in [0.3, 0.4) is 0 Å². The second-order valence-electron chi connectivity index (χ2n) is 8.70. The number of hydrogen-bond donors (Lipinski definition) is 4. The van der Waals surface area contributed by atoms with Crippen LogP contribution in [-0.2, 0) is 21.9 Å². The summed E-state index contributed by atoms with van der Waals surface area (Å²) in [6, 6.07) is 17.4. The number of hydrogen-bond acceptors (Lipinski definition) is 4. The average molecular weight is 464 g/mol. The second kappa shape index (κ2) is 13.2. The number of phosphoric ester groups is 1. The van der Waals surface area contributed by atoms with Gasteiger partial charge < -0.3 is 20.6 Å². The highest BCUT2D eigenvalue weighted by Gasteiger charge is 2.28. The van der Waals surface area contributed by atoms with E-state index in [0.717, 1.165) is 25.7 Å². The molecule has 7 heteroatoms. The summed E-state index contributed by atoms with van der Waals surface area (Å²) < 4.78 is 15.3. The van der Waals surface area contributed by atoms with Gasteiger partial charge in [-0.25, -0.2) is 4.57 Å². The van der Waals surface area contributed by atoms with Crippen molar-refractivity contribution in [3.05, 3.63) is 59.7 Å². The highest BCUT2D eigenvalue weighted by molar-refractivity contribution is 7.46. The van der Waals surface area contributed by atoms with E-state index in [1.54, 1.807) is 0 Å². The topological polar surface area (TPSA) is 113 Å². The van der Waals surface area contributed by atoms with Gasteiger partial charge in [0.15, 0.2) is 0 Å². The van der Waals surface area contributed by atoms with Gasteiger partial charge in [-0.05, 0) is 54.4 Å². The van der Waals surface area contributed by atoms with E-state index in [1.807, 2.05) is 0 Å². The maximum Gasteiger partial charge on any atom is 0.469 e. The van der Waals surface area contributed by atoms with Crippen molar-refractivity contribution in [3.63, 3.8) is 0 Å². The minimum atomic E-state index is -4.59. The molecule has 0 aliphatic carbocycles. The maximum atomic E-state index is 10.9. The third-order valence-corrected chi connectivity index (χ3v) is 6.25. The van der Waals surface area contributed by atoms with Crippen LogP contribution in [0.5, 0.6) is 0 Å². The summed E-state index contributed by atoms with van der Waals surface area (Å²) in [6.07, 6.45) is 9.15. The Morgan fingerprint density at radius 2 is 1.34 bits per heavy atom. The Balaban J connectivity index is 1.78. The van der Waals surface area contributed by atoms with Gasteiger partial charge in [-0.1, -0.05) is 81.1 Å². The molecule has 2 rings (SSSR count). The number of phosphoric acid groups is 1. The largest absolute Gasteiger partial charge is 0.469 e. The molecule has 0 bridgehead atoms. The van der Waals surface area contributed by atoms with Crippen LogP contribution in [-0.4, -0.2) is 33.6 Å². The molecule has 0 aromatic heterocycles. The fourth-order valence-electron chi connectivity index (χ4n) is 3.70. The van der Waals surface area contributed by atoms with E-state index in [4.69, 9.17) is 15.5 Å². The minimum Gasteiger partial charge on any atom is -0.394 e. The second-order valence-corrected chi connectivity index (χ2v) is 9.94. The fraction of sp³-hybridized carbons (Fsp3) is 0.520. The van der Waals surface area contributed by atoms with Gasteiger partial charge in [-0.2, -0.15) is 0 Å². The normalized spacial score (nSPS) is 13.8. The van der Waals surface area contributed by atoms with Crippen molar-refractivity contribution in [2.75, 3.05) is 13.2 Å². The van der Waals surface area contributed by atoms with Gasteiger partial charge in [0.2, 0.25) is 0 Å². The molecule has 0 radical (unpaired) electrons. The monoisotopic (exact) mass is 463 g/mol. The third-order valence-electron chi connectivity index (χ3n) is 5.79. The molecule has 0 saturated heterocycles. The lowest BCUT2D eigenvalue weighted by atomic mass is 9.94. The van der Waals surface area contributed by atoms with E-state index in [2.05, 4.69) is 60.0 Å². The zero-order valence-corrected chi connectivity index (χ0v) is 20.0. The molecule has 0 aliphatic heterocycles. The van der Waals surface area contributed by atoms with Crippen molar-refractivity contribution < 1.29 is 24.0 Å². The summed E-state index contributed by atoms with van der Waals surface area (Å²) in [5.74, 6) is 0. The van der Waals surface area contributed by atoms with Crippen molar-refractivity contribution in [1.82, 2.24) is 0 Å². The van der Waals surface area contributed by atoms with Crippen LogP contribution in [0, 0.1) is 0 Å². The lowest BCUT2D eigenvalue weighted by Gasteiger charge is -2.27. The molecule has 5 N–H and O–H groups in total. The Morgan fingerprint density at radius 3 is 1.78 bits per heavy atom. The average Bonchev–Trinajstić information content (AvgIpc) is 2.79. The first kappa shape index (κ1) is 26.7. The van der Waals surface area contributed by atoms with Crippen molar-refractivity contribution in [1.29, 1.82) is 0 Å². The lowest BCUT2D eigenvalue weighted by molar-refractivity contribution is 0.1000. The maximum absolute atomic E-state index is 10.9. The Kier molecular flexibility index (Phi) is 11.1. The van der Waals surface area contributed by atoms with E-state index in [9.17, 15) is 9.67 Å². The molecule has 178 valence electrons. The Bertz CT molecular complexity index is 834. The van der Waals surface area contributed by atoms with Crippen LogP contribution in [0.4, 0.5) is 0 Å². The highest BCUT2D eigenvalue weighted by atomic mass is 31.2. The van der Waals surface area contributed by atoms with E-state index in [1.165, 1.54) is 47.9 Å². The van der Waals surface area contributed by atoms with E-state index < -0.39 is 13.4 Å². The van der Waals surface area contributed by atoms with Crippen molar-refractivity contribution >= 4 is 7.82 Å². The number of aliphatic hydroxyl groups excluding tert-OH is 1. The molecule has 1 unspecified atom stereocenters. The Labute approximate surface area is 192 Å². The van der Waals surface area contributed by atoms with Crippen molar-refractivity contribution in [2.24, 2.45) is 5.73 Å². The van der Waals surface area contributed by atoms with Crippen LogP contribution >= 0.6 is 7.82 Å². The molecule has 2 aromatic rings. The third kappa shape index (κ3) is 9.95. The zero-order valence-electron chi connectivity index (χ0n) is 19.1. The standard InChI is InChI=1S/C25H38NO5P/c1-2-3-4-5-8-21-10-14-23(15-11-21)24-16-12-22(13-17-24)9-6-7-18-25(26,19-27)20-31-32(28,29)30/h10-17,27H,2-9,18-20,26H2,1H3,(H2,28,29,30). The number of nitrogens with two attached hydrogens (primary N) is 1. The summed E-state index contributed by atoms with van der Waals surface area (Å²) >= 11 is 0. The molecule has 0 fully saturated rings. The predicted octanol–water partition coefficient (Wildman–Crippen LogP) is 4.99. The number of unbranched alkanes of at least 4 members (excludes halogenated alkanes) is 4. The summed E-state index contributed by atoms with van der Waals surface area (Å²) in [5, 5.41) is 9.46. The van der Waals surface area contributed by atoms with Crippen molar-refractivity contribution in [3.8, 4) is 11.1 Å². The first-order chi connectivity index (χ1) is 15.2. The Morgan fingerprint density at radius 1 is 0.844 bits per heavy atom. The predicted molar refractivity (Wildman–Crippen MR) is 129 cm³/mol. The number of rotatable bonds is 15. The van der Waals surface area contributed by atoms with Gasteiger partial charge in [0, 0.05) is 0 Å². The summed E-state index contributed by atoms with van der Waals surface area (Å²) in [5.41, 5.74) is 9.89. The molecule has 0 amide bonds. The van der Waals surface area contributed by atoms with E-state index in [-0.39, 0.29) is 13.2 Å². The number of aryl methyl sites for hydroxylation is 2. The first-order valence-corrected chi connectivity index (χ1v) is 13.1. The van der Waals surface area contributed by atoms with Crippen LogP contribution < -0.4 is 5.73 Å². The molecule has 0 heterocycles. The van der Waals surface area contributed by atoms with E-state index in [0.29, 0.717) is 6.42 Å². The molecule has 0 spiro atoms. The molecular formula is C25H38NO5P. The van der Waals surface area contributed by atoms with Crippen LogP contribution in [0.2, 0.25) is 0 Å². The molecule has 6 nitrogen and oxygen atoms in total. The molecular weight excluding hydrogens is 425 g/mol. The van der Waals surface area contributed by atoms with Gasteiger partial charge in [0.1, 0.15) is 0 Å². The summed E-state index contributed by atoms with van der Waals surface area (Å²) in [7, 11) is -4.59. The van der Waals surface area contributed by atoms with Gasteiger partial charge in [-0.15, -0.1) is 0 Å². The minimum absolute atomic E-state index is 0.375. The number of aliphatic hydroxyl groups is 1.